The molecule has 110 valence electrons. The second-order valence-electron chi connectivity index (χ2n) is 4.75. The van der Waals surface area contributed by atoms with Crippen molar-refractivity contribution in [3.63, 3.8) is 0 Å². The van der Waals surface area contributed by atoms with E-state index in [1.165, 1.54) is 0 Å². The average molecular weight is 293 g/mol. The number of carbonyl (C=O) groups is 1. The summed E-state index contributed by atoms with van der Waals surface area (Å²) in [6, 6.07) is 15.2. The fourth-order valence-electron chi connectivity index (χ4n) is 2.00. The third-order valence-corrected chi connectivity index (χ3v) is 3.08. The Kier molecular flexibility index (Phi) is 4.20. The lowest BCUT2D eigenvalue weighted by molar-refractivity contribution is -0.120. The second-order valence-corrected chi connectivity index (χ2v) is 4.75. The third kappa shape index (κ3) is 3.54. The fourth-order valence-corrected chi connectivity index (χ4v) is 2.00. The Morgan fingerprint density at radius 3 is 2.68 bits per heavy atom. The quantitative estimate of drug-likeness (QED) is 0.750. The lowest BCUT2D eigenvalue weighted by Crippen LogP contribution is -2.25. The molecule has 1 aromatic carbocycles. The molecule has 0 aliphatic rings. The first-order valence-electron chi connectivity index (χ1n) is 6.94. The first-order valence-corrected chi connectivity index (χ1v) is 6.94. The van der Waals surface area contributed by atoms with E-state index >= 15 is 0 Å². The van der Waals surface area contributed by atoms with Crippen LogP contribution < -0.4 is 5.32 Å². The zero-order chi connectivity index (χ0) is 15.2. The van der Waals surface area contributed by atoms with E-state index < -0.39 is 0 Å². The van der Waals surface area contributed by atoms with Gasteiger partial charge in [0.05, 0.1) is 13.0 Å². The van der Waals surface area contributed by atoms with Gasteiger partial charge in [-0.25, -0.2) is 4.98 Å². The lowest BCUT2D eigenvalue weighted by Gasteiger charge is -2.02. The van der Waals surface area contributed by atoms with Gasteiger partial charge in [-0.3, -0.25) is 14.9 Å². The Morgan fingerprint density at radius 2 is 1.91 bits per heavy atom. The SMILES string of the molecule is O=C(Cc1ccccn1)NCc1nc(-c2ccccc2)n[nH]1. The number of amides is 1. The highest BCUT2D eigenvalue weighted by molar-refractivity contribution is 5.77. The van der Waals surface area contributed by atoms with Gasteiger partial charge in [-0.15, -0.1) is 0 Å². The third-order valence-electron chi connectivity index (χ3n) is 3.08. The van der Waals surface area contributed by atoms with Crippen LogP contribution in [0.15, 0.2) is 54.7 Å². The molecule has 2 N–H and O–H groups in total. The van der Waals surface area contributed by atoms with Crippen LogP contribution in [0.25, 0.3) is 11.4 Å². The summed E-state index contributed by atoms with van der Waals surface area (Å²) in [5.41, 5.74) is 1.67. The highest BCUT2D eigenvalue weighted by atomic mass is 16.1. The van der Waals surface area contributed by atoms with Gasteiger partial charge in [0.15, 0.2) is 5.82 Å². The molecular weight excluding hydrogens is 278 g/mol. The summed E-state index contributed by atoms with van der Waals surface area (Å²) in [5, 5.41) is 9.78. The molecule has 6 nitrogen and oxygen atoms in total. The number of carbonyl (C=O) groups excluding carboxylic acids is 1. The van der Waals surface area contributed by atoms with E-state index in [0.717, 1.165) is 11.3 Å². The van der Waals surface area contributed by atoms with Crippen molar-refractivity contribution < 1.29 is 4.79 Å². The summed E-state index contributed by atoms with van der Waals surface area (Å²) in [6.45, 7) is 0.311. The van der Waals surface area contributed by atoms with Crippen LogP contribution in [0.5, 0.6) is 0 Å². The van der Waals surface area contributed by atoms with Crippen LogP contribution in [0.2, 0.25) is 0 Å². The minimum Gasteiger partial charge on any atom is -0.348 e. The number of pyridine rings is 1. The Bertz CT molecular complexity index is 739. The van der Waals surface area contributed by atoms with Crippen LogP contribution in [0.1, 0.15) is 11.5 Å². The van der Waals surface area contributed by atoms with Crippen molar-refractivity contribution in [2.75, 3.05) is 0 Å². The van der Waals surface area contributed by atoms with Gasteiger partial charge in [0.1, 0.15) is 5.82 Å². The molecule has 2 heterocycles. The van der Waals surface area contributed by atoms with Crippen molar-refractivity contribution >= 4 is 5.91 Å². The molecule has 0 saturated carbocycles. The molecule has 0 atom stereocenters. The van der Waals surface area contributed by atoms with Gasteiger partial charge in [0.25, 0.3) is 0 Å². The topological polar surface area (TPSA) is 83.6 Å². The van der Waals surface area contributed by atoms with Gasteiger partial charge in [-0.05, 0) is 12.1 Å². The fraction of sp³-hybridized carbons (Fsp3) is 0.125. The molecule has 2 aromatic heterocycles. The van der Waals surface area contributed by atoms with Gasteiger partial charge in [-0.1, -0.05) is 36.4 Å². The molecule has 0 unspecified atom stereocenters. The van der Waals surface area contributed by atoms with Crippen molar-refractivity contribution in [1.29, 1.82) is 0 Å². The molecule has 0 aliphatic heterocycles. The molecule has 3 aromatic rings. The largest absolute Gasteiger partial charge is 0.348 e. The van der Waals surface area contributed by atoms with Crippen LogP contribution in [0.4, 0.5) is 0 Å². The molecule has 3 rings (SSSR count). The lowest BCUT2D eigenvalue weighted by atomic mass is 10.2. The minimum absolute atomic E-state index is 0.101. The number of H-pyrrole nitrogens is 1. The van der Waals surface area contributed by atoms with Crippen LogP contribution in [-0.2, 0) is 17.8 Å². The number of rotatable bonds is 5. The Hall–Kier alpha value is -3.02. The molecule has 0 bridgehead atoms. The first-order chi connectivity index (χ1) is 10.8. The van der Waals surface area contributed by atoms with E-state index in [1.54, 1.807) is 6.20 Å². The molecule has 22 heavy (non-hydrogen) atoms. The summed E-state index contributed by atoms with van der Waals surface area (Å²) in [4.78, 5) is 20.3. The Labute approximate surface area is 127 Å². The molecule has 1 amide bonds. The molecule has 0 aliphatic carbocycles. The van der Waals surface area contributed by atoms with E-state index in [1.807, 2.05) is 48.5 Å². The van der Waals surface area contributed by atoms with Crippen LogP contribution in [0.3, 0.4) is 0 Å². The summed E-state index contributed by atoms with van der Waals surface area (Å²) >= 11 is 0. The summed E-state index contributed by atoms with van der Waals surface area (Å²) < 4.78 is 0. The molecule has 0 radical (unpaired) electrons. The van der Waals surface area contributed by atoms with E-state index in [4.69, 9.17) is 0 Å². The van der Waals surface area contributed by atoms with Gasteiger partial charge in [0.2, 0.25) is 5.91 Å². The minimum atomic E-state index is -0.101. The van der Waals surface area contributed by atoms with Gasteiger partial charge in [-0.2, -0.15) is 5.10 Å². The van der Waals surface area contributed by atoms with Crippen LogP contribution >= 0.6 is 0 Å². The number of hydrogen-bond acceptors (Lipinski definition) is 4. The van der Waals surface area contributed by atoms with Gasteiger partial charge in [0, 0.05) is 17.5 Å². The maximum absolute atomic E-state index is 11.8. The zero-order valence-corrected chi connectivity index (χ0v) is 11.9. The Balaban J connectivity index is 1.56. The molecule has 0 fully saturated rings. The van der Waals surface area contributed by atoms with Gasteiger partial charge < -0.3 is 5.32 Å². The normalized spacial score (nSPS) is 10.4. The van der Waals surface area contributed by atoms with Crippen molar-refractivity contribution in [1.82, 2.24) is 25.5 Å². The number of aromatic amines is 1. The van der Waals surface area contributed by atoms with Gasteiger partial charge >= 0.3 is 0 Å². The van der Waals surface area contributed by atoms with Crippen molar-refractivity contribution in [3.05, 3.63) is 66.2 Å². The number of nitrogens with zero attached hydrogens (tertiary/aromatic N) is 3. The standard InChI is InChI=1S/C16H15N5O/c22-15(10-13-8-4-5-9-17-13)18-11-14-19-16(21-20-14)12-6-2-1-3-7-12/h1-9H,10-11H2,(H,18,22)(H,19,20,21). The maximum atomic E-state index is 11.8. The smallest absolute Gasteiger partial charge is 0.226 e. The van der Waals surface area contributed by atoms with E-state index in [9.17, 15) is 4.79 Å². The zero-order valence-electron chi connectivity index (χ0n) is 11.9. The predicted octanol–water partition coefficient (Wildman–Crippen LogP) is 1.73. The van der Waals surface area contributed by atoms with Crippen LogP contribution in [0, 0.1) is 0 Å². The summed E-state index contributed by atoms with van der Waals surface area (Å²) in [7, 11) is 0. The predicted molar refractivity (Wildman–Crippen MR) is 81.6 cm³/mol. The second kappa shape index (κ2) is 6.62. The summed E-state index contributed by atoms with van der Waals surface area (Å²) in [6.07, 6.45) is 1.92. The average Bonchev–Trinajstić information content (AvgIpc) is 3.04. The first kappa shape index (κ1) is 13.9. The Morgan fingerprint density at radius 1 is 1.09 bits per heavy atom. The van der Waals surface area contributed by atoms with Crippen molar-refractivity contribution in [2.45, 2.75) is 13.0 Å². The monoisotopic (exact) mass is 293 g/mol. The summed E-state index contributed by atoms with van der Waals surface area (Å²) in [5.74, 6) is 1.14. The van der Waals surface area contributed by atoms with E-state index in [2.05, 4.69) is 25.5 Å². The highest BCUT2D eigenvalue weighted by Gasteiger charge is 2.08. The number of hydrogen-bond donors (Lipinski definition) is 2. The maximum Gasteiger partial charge on any atom is 0.226 e. The molecule has 0 spiro atoms. The number of benzene rings is 1. The molecule has 6 heteroatoms. The molecular formula is C16H15N5O. The molecule has 0 saturated heterocycles. The van der Waals surface area contributed by atoms with E-state index in [-0.39, 0.29) is 12.3 Å². The number of aromatic nitrogens is 4. The van der Waals surface area contributed by atoms with Crippen molar-refractivity contribution in [2.24, 2.45) is 0 Å². The van der Waals surface area contributed by atoms with Crippen molar-refractivity contribution in [3.8, 4) is 11.4 Å². The number of nitrogens with one attached hydrogen (secondary N) is 2. The highest BCUT2D eigenvalue weighted by Crippen LogP contribution is 2.13. The van der Waals surface area contributed by atoms with Crippen LogP contribution in [-0.4, -0.2) is 26.1 Å². The van der Waals surface area contributed by atoms with E-state index in [0.29, 0.717) is 18.2 Å².